The van der Waals surface area contributed by atoms with E-state index in [1.54, 1.807) is 7.05 Å². The third-order valence-corrected chi connectivity index (χ3v) is 4.16. The van der Waals surface area contributed by atoms with Crippen molar-refractivity contribution in [1.29, 1.82) is 0 Å². The van der Waals surface area contributed by atoms with Gasteiger partial charge in [0.25, 0.3) is 0 Å². The average molecular weight is 343 g/mol. The molecule has 0 radical (unpaired) electrons. The molecule has 2 saturated heterocycles. The van der Waals surface area contributed by atoms with E-state index in [0.29, 0.717) is 6.10 Å². The fraction of sp³-hybridized carbons (Fsp3) is 0.941. The molecule has 140 valence electrons. The summed E-state index contributed by atoms with van der Waals surface area (Å²) in [6.45, 7) is 6.39. The summed E-state index contributed by atoms with van der Waals surface area (Å²) in [5, 5.41) is 6.59. The van der Waals surface area contributed by atoms with Crippen LogP contribution in [0.4, 0.5) is 0 Å². The lowest BCUT2D eigenvalue weighted by Gasteiger charge is -2.13. The van der Waals surface area contributed by atoms with Gasteiger partial charge in [0.05, 0.1) is 25.4 Å². The van der Waals surface area contributed by atoms with E-state index in [1.165, 1.54) is 0 Å². The summed E-state index contributed by atoms with van der Waals surface area (Å²) in [6, 6.07) is 0. The van der Waals surface area contributed by atoms with E-state index >= 15 is 0 Å². The molecule has 2 heterocycles. The molecule has 2 N–H and O–H groups in total. The number of ether oxygens (including phenoxy) is 4. The highest BCUT2D eigenvalue weighted by atomic mass is 16.5. The van der Waals surface area contributed by atoms with Crippen LogP contribution in [0.3, 0.4) is 0 Å². The first kappa shape index (κ1) is 19.4. The van der Waals surface area contributed by atoms with Gasteiger partial charge in [-0.05, 0) is 32.1 Å². The largest absolute Gasteiger partial charge is 0.379 e. The van der Waals surface area contributed by atoms with E-state index in [9.17, 15) is 0 Å². The van der Waals surface area contributed by atoms with E-state index in [-0.39, 0.29) is 6.10 Å². The van der Waals surface area contributed by atoms with Crippen LogP contribution in [-0.4, -0.2) is 77.9 Å². The molecule has 7 heteroatoms. The number of nitrogens with one attached hydrogen (secondary N) is 2. The van der Waals surface area contributed by atoms with Crippen molar-refractivity contribution in [3.8, 4) is 0 Å². The molecule has 0 spiro atoms. The summed E-state index contributed by atoms with van der Waals surface area (Å²) in [7, 11) is 1.79. The molecule has 0 aromatic heterocycles. The van der Waals surface area contributed by atoms with Gasteiger partial charge in [0.15, 0.2) is 5.96 Å². The summed E-state index contributed by atoms with van der Waals surface area (Å²) in [5.74, 6) is 0.832. The Morgan fingerprint density at radius 3 is 2.62 bits per heavy atom. The first-order valence-electron chi connectivity index (χ1n) is 9.21. The normalized spacial score (nSPS) is 24.5. The second-order valence-electron chi connectivity index (χ2n) is 6.20. The number of guanidine groups is 1. The molecule has 0 bridgehead atoms. The van der Waals surface area contributed by atoms with Crippen LogP contribution in [-0.2, 0) is 18.9 Å². The molecule has 2 atom stereocenters. The smallest absolute Gasteiger partial charge is 0.190 e. The molecular formula is C17H33N3O4. The van der Waals surface area contributed by atoms with Gasteiger partial charge in [-0.3, -0.25) is 4.99 Å². The minimum atomic E-state index is 0.289. The van der Waals surface area contributed by atoms with Crippen LogP contribution in [0.2, 0.25) is 0 Å². The predicted molar refractivity (Wildman–Crippen MR) is 93.6 cm³/mol. The lowest BCUT2D eigenvalue weighted by molar-refractivity contribution is 0.0168. The summed E-state index contributed by atoms with van der Waals surface area (Å²) in [5.41, 5.74) is 0. The summed E-state index contributed by atoms with van der Waals surface area (Å²) < 4.78 is 22.2. The quantitative estimate of drug-likeness (QED) is 0.330. The van der Waals surface area contributed by atoms with Crippen molar-refractivity contribution >= 4 is 5.96 Å². The minimum Gasteiger partial charge on any atom is -0.379 e. The number of nitrogens with zero attached hydrogens (tertiary/aromatic N) is 1. The third-order valence-electron chi connectivity index (χ3n) is 4.16. The van der Waals surface area contributed by atoms with Crippen molar-refractivity contribution in [1.82, 2.24) is 10.6 Å². The number of aliphatic imine (C=N–C) groups is 1. The van der Waals surface area contributed by atoms with Gasteiger partial charge in [0, 0.05) is 46.6 Å². The van der Waals surface area contributed by atoms with Crippen LogP contribution in [0.15, 0.2) is 4.99 Å². The van der Waals surface area contributed by atoms with Crippen molar-refractivity contribution < 1.29 is 18.9 Å². The van der Waals surface area contributed by atoms with Gasteiger partial charge in [-0.1, -0.05) is 0 Å². The van der Waals surface area contributed by atoms with Crippen LogP contribution >= 0.6 is 0 Å². The first-order chi connectivity index (χ1) is 11.9. The second-order valence-corrected chi connectivity index (χ2v) is 6.20. The molecular weight excluding hydrogens is 310 g/mol. The van der Waals surface area contributed by atoms with Gasteiger partial charge in [-0.25, -0.2) is 0 Å². The Labute approximate surface area is 145 Å². The zero-order valence-electron chi connectivity index (χ0n) is 14.9. The topological polar surface area (TPSA) is 73.3 Å². The van der Waals surface area contributed by atoms with Crippen LogP contribution in [0.25, 0.3) is 0 Å². The molecule has 0 aliphatic carbocycles. The summed E-state index contributed by atoms with van der Waals surface area (Å²) in [6.07, 6.45) is 5.83. The van der Waals surface area contributed by atoms with E-state index in [4.69, 9.17) is 18.9 Å². The maximum absolute atomic E-state index is 5.73. The van der Waals surface area contributed by atoms with Crippen molar-refractivity contribution in [3.63, 3.8) is 0 Å². The molecule has 0 aromatic rings. The standard InChI is InChI=1S/C17H33N3O4/c1-18-17(20-8-4-11-24-16-6-12-22-14-16)19-7-3-9-21-13-15-5-2-10-23-15/h15-16H,2-14H2,1H3,(H2,18,19,20). The summed E-state index contributed by atoms with van der Waals surface area (Å²) in [4.78, 5) is 4.22. The molecule has 2 aliphatic rings. The highest BCUT2D eigenvalue weighted by Gasteiger charge is 2.15. The number of hydrogen-bond donors (Lipinski definition) is 2. The molecule has 2 aliphatic heterocycles. The minimum absolute atomic E-state index is 0.289. The molecule has 7 nitrogen and oxygen atoms in total. The van der Waals surface area contributed by atoms with Crippen LogP contribution in [0.1, 0.15) is 32.1 Å². The average Bonchev–Trinajstić information content (AvgIpc) is 3.29. The second kappa shape index (κ2) is 12.5. The SMILES string of the molecule is CN=C(NCCCOCC1CCCO1)NCCCOC1CCOC1. The van der Waals surface area contributed by atoms with E-state index < -0.39 is 0 Å². The van der Waals surface area contributed by atoms with Gasteiger partial charge in [0.1, 0.15) is 0 Å². The van der Waals surface area contributed by atoms with Gasteiger partial charge >= 0.3 is 0 Å². The zero-order chi connectivity index (χ0) is 16.9. The lowest BCUT2D eigenvalue weighted by atomic mass is 10.2. The molecule has 0 amide bonds. The summed E-state index contributed by atoms with van der Waals surface area (Å²) >= 11 is 0. The maximum Gasteiger partial charge on any atom is 0.190 e. The Morgan fingerprint density at radius 1 is 1.12 bits per heavy atom. The first-order valence-corrected chi connectivity index (χ1v) is 9.21. The van der Waals surface area contributed by atoms with Gasteiger partial charge < -0.3 is 29.6 Å². The van der Waals surface area contributed by atoms with Gasteiger partial charge in [0.2, 0.25) is 0 Å². The highest BCUT2D eigenvalue weighted by molar-refractivity contribution is 5.79. The molecule has 2 fully saturated rings. The molecule has 0 saturated carbocycles. The zero-order valence-corrected chi connectivity index (χ0v) is 14.9. The Hall–Kier alpha value is -0.890. The molecule has 24 heavy (non-hydrogen) atoms. The van der Waals surface area contributed by atoms with E-state index in [0.717, 1.165) is 90.8 Å². The highest BCUT2D eigenvalue weighted by Crippen LogP contribution is 2.11. The Kier molecular flexibility index (Phi) is 10.1. The van der Waals surface area contributed by atoms with Gasteiger partial charge in [-0.2, -0.15) is 0 Å². The molecule has 2 unspecified atom stereocenters. The maximum atomic E-state index is 5.73. The van der Waals surface area contributed by atoms with Gasteiger partial charge in [-0.15, -0.1) is 0 Å². The van der Waals surface area contributed by atoms with Crippen LogP contribution in [0, 0.1) is 0 Å². The van der Waals surface area contributed by atoms with Crippen molar-refractivity contribution in [2.45, 2.75) is 44.3 Å². The Bertz CT molecular complexity index is 343. The number of hydrogen-bond acceptors (Lipinski definition) is 5. The third kappa shape index (κ3) is 8.28. The molecule has 2 rings (SSSR count). The lowest BCUT2D eigenvalue weighted by Crippen LogP contribution is -2.38. The molecule has 0 aromatic carbocycles. The fourth-order valence-electron chi connectivity index (χ4n) is 2.77. The van der Waals surface area contributed by atoms with Crippen molar-refractivity contribution in [2.75, 3.05) is 59.8 Å². The monoisotopic (exact) mass is 343 g/mol. The Balaban J connectivity index is 1.38. The van der Waals surface area contributed by atoms with Crippen molar-refractivity contribution in [3.05, 3.63) is 0 Å². The Morgan fingerprint density at radius 2 is 1.96 bits per heavy atom. The van der Waals surface area contributed by atoms with Crippen LogP contribution < -0.4 is 10.6 Å². The van der Waals surface area contributed by atoms with E-state index in [1.807, 2.05) is 0 Å². The van der Waals surface area contributed by atoms with Crippen molar-refractivity contribution in [2.24, 2.45) is 4.99 Å². The predicted octanol–water partition coefficient (Wildman–Crippen LogP) is 0.933. The van der Waals surface area contributed by atoms with Crippen LogP contribution in [0.5, 0.6) is 0 Å². The van der Waals surface area contributed by atoms with E-state index in [2.05, 4.69) is 15.6 Å². The number of rotatable bonds is 11. The fourth-order valence-corrected chi connectivity index (χ4v) is 2.77.